The summed E-state index contributed by atoms with van der Waals surface area (Å²) < 4.78 is 5.30. The zero-order valence-corrected chi connectivity index (χ0v) is 19.7. The Kier molecular flexibility index (Phi) is 7.90. The zero-order chi connectivity index (χ0) is 24.6. The quantitative estimate of drug-likeness (QED) is 0.481. The Bertz CT molecular complexity index is 1190. The molecule has 0 aliphatic carbocycles. The molecule has 1 fully saturated rings. The standard InChI is InChI=1S/C28H29N3O4/c1-35-25-14-8-7-13-24(25)30-28(34)21-15-17-31(18-16-21)19-26(32)29-23-12-6-5-11-22(23)27(33)20-9-3-2-4-10-20/h2-14,21H,15-19H2,1H3,(H,29,32)(H,30,34). The number of amides is 2. The number of carbonyl (C=O) groups is 3. The Labute approximate surface area is 205 Å². The lowest BCUT2D eigenvalue weighted by Gasteiger charge is -2.30. The minimum Gasteiger partial charge on any atom is -0.495 e. The van der Waals surface area contributed by atoms with Gasteiger partial charge in [-0.2, -0.15) is 0 Å². The van der Waals surface area contributed by atoms with Crippen molar-refractivity contribution in [3.63, 3.8) is 0 Å². The maximum atomic E-state index is 12.9. The fraction of sp³-hybridized carbons (Fsp3) is 0.250. The number of ketones is 1. The van der Waals surface area contributed by atoms with Gasteiger partial charge in [0, 0.05) is 17.0 Å². The van der Waals surface area contributed by atoms with Crippen LogP contribution in [0.3, 0.4) is 0 Å². The van der Waals surface area contributed by atoms with E-state index in [1.54, 1.807) is 43.5 Å². The molecule has 1 saturated heterocycles. The van der Waals surface area contributed by atoms with Crippen LogP contribution in [0.2, 0.25) is 0 Å². The first-order valence-corrected chi connectivity index (χ1v) is 11.7. The SMILES string of the molecule is COc1ccccc1NC(=O)C1CCN(CC(=O)Nc2ccccc2C(=O)c2ccccc2)CC1. The van der Waals surface area contributed by atoms with Crippen LogP contribution in [0.5, 0.6) is 5.75 Å². The Balaban J connectivity index is 1.30. The minimum absolute atomic E-state index is 0.0352. The molecule has 0 bridgehead atoms. The van der Waals surface area contributed by atoms with E-state index in [2.05, 4.69) is 10.6 Å². The molecule has 0 unspecified atom stereocenters. The van der Waals surface area contributed by atoms with Crippen molar-refractivity contribution in [2.45, 2.75) is 12.8 Å². The molecule has 7 nitrogen and oxygen atoms in total. The van der Waals surface area contributed by atoms with E-state index in [4.69, 9.17) is 4.74 Å². The Morgan fingerprint density at radius 3 is 2.17 bits per heavy atom. The summed E-state index contributed by atoms with van der Waals surface area (Å²) in [7, 11) is 1.57. The third kappa shape index (κ3) is 6.13. The van der Waals surface area contributed by atoms with Crippen molar-refractivity contribution in [1.82, 2.24) is 4.90 Å². The topological polar surface area (TPSA) is 87.7 Å². The van der Waals surface area contributed by atoms with Gasteiger partial charge in [0.05, 0.1) is 25.0 Å². The predicted molar refractivity (Wildman–Crippen MR) is 136 cm³/mol. The lowest BCUT2D eigenvalue weighted by Crippen LogP contribution is -2.41. The first-order valence-electron chi connectivity index (χ1n) is 11.7. The van der Waals surface area contributed by atoms with Gasteiger partial charge in [-0.15, -0.1) is 0 Å². The summed E-state index contributed by atoms with van der Waals surface area (Å²) in [5.74, 6) is 0.148. The predicted octanol–water partition coefficient (Wildman–Crippen LogP) is 4.22. The first kappa shape index (κ1) is 24.2. The highest BCUT2D eigenvalue weighted by Gasteiger charge is 2.26. The molecule has 180 valence electrons. The molecule has 0 aromatic heterocycles. The van der Waals surface area contributed by atoms with Crippen LogP contribution >= 0.6 is 0 Å². The number of hydrogen-bond donors (Lipinski definition) is 2. The van der Waals surface area contributed by atoms with Crippen LogP contribution < -0.4 is 15.4 Å². The van der Waals surface area contributed by atoms with Gasteiger partial charge in [-0.05, 0) is 50.2 Å². The molecule has 4 rings (SSSR count). The van der Waals surface area contributed by atoms with E-state index >= 15 is 0 Å². The van der Waals surface area contributed by atoms with Crippen LogP contribution in [-0.2, 0) is 9.59 Å². The van der Waals surface area contributed by atoms with Gasteiger partial charge in [0.2, 0.25) is 11.8 Å². The first-order chi connectivity index (χ1) is 17.0. The third-order valence-corrected chi connectivity index (χ3v) is 6.17. The molecule has 1 heterocycles. The van der Waals surface area contributed by atoms with Gasteiger partial charge in [-0.3, -0.25) is 19.3 Å². The number of hydrogen-bond acceptors (Lipinski definition) is 5. The number of nitrogens with zero attached hydrogens (tertiary/aromatic N) is 1. The van der Waals surface area contributed by atoms with Gasteiger partial charge in [-0.1, -0.05) is 54.6 Å². The Morgan fingerprint density at radius 1 is 0.829 bits per heavy atom. The maximum absolute atomic E-state index is 12.9. The average Bonchev–Trinajstić information content (AvgIpc) is 2.90. The lowest BCUT2D eigenvalue weighted by molar-refractivity contribution is -0.121. The van der Waals surface area contributed by atoms with Gasteiger partial charge in [0.25, 0.3) is 0 Å². The smallest absolute Gasteiger partial charge is 0.238 e. The summed E-state index contributed by atoms with van der Waals surface area (Å²) in [5, 5.41) is 5.85. The van der Waals surface area contributed by atoms with Crippen LogP contribution in [0.15, 0.2) is 78.9 Å². The third-order valence-electron chi connectivity index (χ3n) is 6.17. The van der Waals surface area contributed by atoms with E-state index in [9.17, 15) is 14.4 Å². The molecular formula is C28H29N3O4. The molecule has 2 amide bonds. The van der Waals surface area contributed by atoms with Crippen LogP contribution in [0.4, 0.5) is 11.4 Å². The molecule has 0 saturated carbocycles. The molecule has 1 aliphatic heterocycles. The molecule has 35 heavy (non-hydrogen) atoms. The fourth-order valence-electron chi connectivity index (χ4n) is 4.26. The van der Waals surface area contributed by atoms with Gasteiger partial charge < -0.3 is 15.4 Å². The van der Waals surface area contributed by atoms with Gasteiger partial charge in [0.1, 0.15) is 5.75 Å². The van der Waals surface area contributed by atoms with Crippen LogP contribution in [0.1, 0.15) is 28.8 Å². The van der Waals surface area contributed by atoms with Gasteiger partial charge in [-0.25, -0.2) is 0 Å². The number of anilines is 2. The molecular weight excluding hydrogens is 442 g/mol. The van der Waals surface area contributed by atoms with Crippen molar-refractivity contribution in [3.05, 3.63) is 90.0 Å². The number of methoxy groups -OCH3 is 1. The zero-order valence-electron chi connectivity index (χ0n) is 19.7. The van der Waals surface area contributed by atoms with Crippen molar-refractivity contribution >= 4 is 29.0 Å². The highest BCUT2D eigenvalue weighted by molar-refractivity contribution is 6.13. The van der Waals surface area contributed by atoms with Crippen LogP contribution in [0.25, 0.3) is 0 Å². The second-order valence-electron chi connectivity index (χ2n) is 8.53. The molecule has 1 aliphatic rings. The monoisotopic (exact) mass is 471 g/mol. The van der Waals surface area contributed by atoms with Crippen molar-refractivity contribution < 1.29 is 19.1 Å². The highest BCUT2D eigenvalue weighted by Crippen LogP contribution is 2.26. The summed E-state index contributed by atoms with van der Waals surface area (Å²) in [6.07, 6.45) is 1.33. The van der Waals surface area contributed by atoms with E-state index in [1.165, 1.54) is 0 Å². The summed E-state index contributed by atoms with van der Waals surface area (Å²) in [6, 6.07) is 23.4. The lowest BCUT2D eigenvalue weighted by atomic mass is 9.95. The molecule has 2 N–H and O–H groups in total. The van der Waals surface area contributed by atoms with Crippen molar-refractivity contribution in [1.29, 1.82) is 0 Å². The fourth-order valence-corrected chi connectivity index (χ4v) is 4.26. The number of benzene rings is 3. The van der Waals surface area contributed by atoms with Crippen LogP contribution in [-0.4, -0.2) is 49.2 Å². The number of para-hydroxylation sites is 3. The van der Waals surface area contributed by atoms with E-state index in [0.29, 0.717) is 54.2 Å². The number of likely N-dealkylation sites (tertiary alicyclic amines) is 1. The molecule has 0 spiro atoms. The summed E-state index contributed by atoms with van der Waals surface area (Å²) in [6.45, 7) is 1.48. The normalized spacial score (nSPS) is 14.2. The molecule has 3 aromatic rings. The average molecular weight is 472 g/mol. The van der Waals surface area contributed by atoms with Crippen molar-refractivity contribution in [3.8, 4) is 5.75 Å². The van der Waals surface area contributed by atoms with E-state index in [-0.39, 0.29) is 30.1 Å². The van der Waals surface area contributed by atoms with Crippen LogP contribution in [0, 0.1) is 5.92 Å². The highest BCUT2D eigenvalue weighted by atomic mass is 16.5. The maximum Gasteiger partial charge on any atom is 0.238 e. The molecule has 0 atom stereocenters. The number of nitrogens with one attached hydrogen (secondary N) is 2. The summed E-state index contributed by atoms with van der Waals surface area (Å²) in [5.41, 5.74) is 2.18. The second kappa shape index (κ2) is 11.4. The Morgan fingerprint density at radius 2 is 1.46 bits per heavy atom. The number of rotatable bonds is 8. The number of carbonyl (C=O) groups excluding carboxylic acids is 3. The van der Waals surface area contributed by atoms with Crippen molar-refractivity contribution in [2.24, 2.45) is 5.92 Å². The second-order valence-corrected chi connectivity index (χ2v) is 8.53. The molecule has 0 radical (unpaired) electrons. The largest absolute Gasteiger partial charge is 0.495 e. The van der Waals surface area contributed by atoms with Crippen molar-refractivity contribution in [2.75, 3.05) is 37.4 Å². The number of piperidine rings is 1. The van der Waals surface area contributed by atoms with E-state index in [1.807, 2.05) is 47.4 Å². The molecule has 3 aromatic carbocycles. The van der Waals surface area contributed by atoms with Gasteiger partial charge >= 0.3 is 0 Å². The minimum atomic E-state index is -0.185. The Hall–Kier alpha value is -3.97. The number of ether oxygens (including phenoxy) is 1. The van der Waals surface area contributed by atoms with E-state index < -0.39 is 0 Å². The summed E-state index contributed by atoms with van der Waals surface area (Å²) >= 11 is 0. The van der Waals surface area contributed by atoms with E-state index in [0.717, 1.165) is 0 Å². The van der Waals surface area contributed by atoms with Gasteiger partial charge in [0.15, 0.2) is 5.78 Å². The summed E-state index contributed by atoms with van der Waals surface area (Å²) in [4.78, 5) is 40.4. The molecule has 7 heteroatoms.